The SMILES string of the molecule is CC(Oc1ccc(-c2ccccc2)c(F)c1)C(=O)C=CN(C)C. The molecule has 0 aliphatic rings. The van der Waals surface area contributed by atoms with Crippen molar-refractivity contribution in [3.05, 3.63) is 66.6 Å². The summed E-state index contributed by atoms with van der Waals surface area (Å²) in [4.78, 5) is 13.7. The molecule has 1 unspecified atom stereocenters. The Kier molecular flexibility index (Phi) is 5.52. The Morgan fingerprint density at radius 2 is 1.87 bits per heavy atom. The lowest BCUT2D eigenvalue weighted by Gasteiger charge is -2.13. The molecule has 3 nitrogen and oxygen atoms in total. The molecule has 0 aliphatic carbocycles. The fraction of sp³-hybridized carbons (Fsp3) is 0.211. The number of carbonyl (C=O) groups excluding carboxylic acids is 1. The number of halogens is 1. The predicted octanol–water partition coefficient (Wildman–Crippen LogP) is 3.90. The van der Waals surface area contributed by atoms with Gasteiger partial charge in [0.15, 0.2) is 11.9 Å². The molecule has 0 spiro atoms. The summed E-state index contributed by atoms with van der Waals surface area (Å²) in [5, 5.41) is 0. The van der Waals surface area contributed by atoms with Gasteiger partial charge in [0.05, 0.1) is 0 Å². The quantitative estimate of drug-likeness (QED) is 0.757. The van der Waals surface area contributed by atoms with Gasteiger partial charge < -0.3 is 9.64 Å². The van der Waals surface area contributed by atoms with E-state index < -0.39 is 6.10 Å². The first kappa shape index (κ1) is 16.7. The third-order valence-corrected chi connectivity index (χ3v) is 3.28. The molecule has 0 saturated heterocycles. The second-order valence-electron chi connectivity index (χ2n) is 5.45. The van der Waals surface area contributed by atoms with E-state index in [1.54, 1.807) is 30.2 Å². The predicted molar refractivity (Wildman–Crippen MR) is 89.8 cm³/mol. The van der Waals surface area contributed by atoms with Gasteiger partial charge in [0.25, 0.3) is 0 Å². The van der Waals surface area contributed by atoms with Crippen LogP contribution in [0.3, 0.4) is 0 Å². The molecule has 0 heterocycles. The van der Waals surface area contributed by atoms with Crippen LogP contribution in [0.5, 0.6) is 5.75 Å². The Balaban J connectivity index is 2.10. The Morgan fingerprint density at radius 1 is 1.17 bits per heavy atom. The highest BCUT2D eigenvalue weighted by molar-refractivity contribution is 5.93. The van der Waals surface area contributed by atoms with Gasteiger partial charge >= 0.3 is 0 Å². The van der Waals surface area contributed by atoms with Gasteiger partial charge in [0.2, 0.25) is 0 Å². The van der Waals surface area contributed by atoms with Crippen LogP contribution in [-0.2, 0) is 4.79 Å². The van der Waals surface area contributed by atoms with E-state index in [1.165, 1.54) is 12.1 Å². The smallest absolute Gasteiger partial charge is 0.197 e. The lowest BCUT2D eigenvalue weighted by atomic mass is 10.1. The third-order valence-electron chi connectivity index (χ3n) is 3.28. The normalized spacial score (nSPS) is 12.2. The van der Waals surface area contributed by atoms with Crippen molar-refractivity contribution in [3.63, 3.8) is 0 Å². The minimum absolute atomic E-state index is 0.175. The Hall–Kier alpha value is -2.62. The van der Waals surface area contributed by atoms with Crippen molar-refractivity contribution in [3.8, 4) is 16.9 Å². The van der Waals surface area contributed by atoms with Gasteiger partial charge in [-0.2, -0.15) is 0 Å². The number of hydrogen-bond donors (Lipinski definition) is 0. The zero-order chi connectivity index (χ0) is 16.8. The summed E-state index contributed by atoms with van der Waals surface area (Å²) in [7, 11) is 3.65. The van der Waals surface area contributed by atoms with Gasteiger partial charge in [-0.3, -0.25) is 4.79 Å². The fourth-order valence-corrected chi connectivity index (χ4v) is 2.04. The average molecular weight is 313 g/mol. The Morgan fingerprint density at radius 3 is 2.48 bits per heavy atom. The maximum atomic E-state index is 14.3. The fourth-order valence-electron chi connectivity index (χ4n) is 2.04. The van der Waals surface area contributed by atoms with E-state index in [4.69, 9.17) is 4.74 Å². The molecular formula is C19H20FNO2. The Bertz CT molecular complexity index is 696. The standard InChI is InChI=1S/C19H20FNO2/c1-14(19(22)11-12-21(2)3)23-16-9-10-17(18(20)13-16)15-7-5-4-6-8-15/h4-14H,1-3H3. The summed E-state index contributed by atoms with van der Waals surface area (Å²) >= 11 is 0. The summed E-state index contributed by atoms with van der Waals surface area (Å²) in [6, 6.07) is 13.9. The van der Waals surface area contributed by atoms with Crippen LogP contribution >= 0.6 is 0 Å². The van der Waals surface area contributed by atoms with Crippen LogP contribution in [0.15, 0.2) is 60.8 Å². The van der Waals surface area contributed by atoms with Gasteiger partial charge in [-0.05, 0) is 24.6 Å². The van der Waals surface area contributed by atoms with Crippen molar-refractivity contribution >= 4 is 5.78 Å². The van der Waals surface area contributed by atoms with Crippen molar-refractivity contribution < 1.29 is 13.9 Å². The number of rotatable bonds is 6. The molecule has 23 heavy (non-hydrogen) atoms. The Labute approximate surface area is 136 Å². The van der Waals surface area contributed by atoms with Gasteiger partial charge in [-0.25, -0.2) is 4.39 Å². The molecule has 0 N–H and O–H groups in total. The first-order chi connectivity index (χ1) is 11.0. The van der Waals surface area contributed by atoms with E-state index in [-0.39, 0.29) is 11.6 Å². The topological polar surface area (TPSA) is 29.5 Å². The molecule has 0 amide bonds. The summed E-state index contributed by atoms with van der Waals surface area (Å²) in [5.74, 6) is -0.218. The van der Waals surface area contributed by atoms with Crippen molar-refractivity contribution in [2.24, 2.45) is 0 Å². The number of hydrogen-bond acceptors (Lipinski definition) is 3. The van der Waals surface area contributed by atoms with Crippen LogP contribution in [0.4, 0.5) is 4.39 Å². The number of ketones is 1. The highest BCUT2D eigenvalue weighted by Crippen LogP contribution is 2.26. The average Bonchev–Trinajstić information content (AvgIpc) is 2.53. The van der Waals surface area contributed by atoms with Crippen LogP contribution < -0.4 is 4.74 Å². The van der Waals surface area contributed by atoms with Gasteiger partial charge in [0, 0.05) is 38.0 Å². The zero-order valence-corrected chi connectivity index (χ0v) is 13.5. The maximum Gasteiger partial charge on any atom is 0.197 e. The van der Waals surface area contributed by atoms with Crippen LogP contribution in [0, 0.1) is 5.82 Å². The molecule has 0 bridgehead atoms. The third kappa shape index (κ3) is 4.68. The molecule has 2 aromatic rings. The minimum atomic E-state index is -0.673. The van der Waals surface area contributed by atoms with E-state index in [9.17, 15) is 9.18 Å². The monoisotopic (exact) mass is 313 g/mol. The molecule has 2 aromatic carbocycles. The molecule has 120 valence electrons. The van der Waals surface area contributed by atoms with E-state index in [0.717, 1.165) is 5.56 Å². The van der Waals surface area contributed by atoms with Crippen LogP contribution in [0.1, 0.15) is 6.92 Å². The highest BCUT2D eigenvalue weighted by Gasteiger charge is 2.13. The lowest BCUT2D eigenvalue weighted by Crippen LogP contribution is -2.22. The number of ether oxygens (including phenoxy) is 1. The minimum Gasteiger partial charge on any atom is -0.482 e. The molecule has 1 atom stereocenters. The maximum absolute atomic E-state index is 14.3. The molecule has 0 aliphatic heterocycles. The molecule has 0 aromatic heterocycles. The summed E-state index contributed by atoms with van der Waals surface area (Å²) in [6.07, 6.45) is 2.42. The van der Waals surface area contributed by atoms with Gasteiger partial charge in [-0.1, -0.05) is 30.3 Å². The molecule has 0 saturated carbocycles. The van der Waals surface area contributed by atoms with Crippen LogP contribution in [-0.4, -0.2) is 30.9 Å². The largest absolute Gasteiger partial charge is 0.482 e. The van der Waals surface area contributed by atoms with Crippen molar-refractivity contribution in [1.82, 2.24) is 4.90 Å². The van der Waals surface area contributed by atoms with E-state index in [0.29, 0.717) is 11.3 Å². The number of nitrogens with zero attached hydrogens (tertiary/aromatic N) is 1. The molecule has 0 radical (unpaired) electrons. The molecule has 2 rings (SSSR count). The summed E-state index contributed by atoms with van der Waals surface area (Å²) in [5.41, 5.74) is 1.30. The molecule has 0 fully saturated rings. The molecule has 4 heteroatoms. The second-order valence-corrected chi connectivity index (χ2v) is 5.45. The number of benzene rings is 2. The van der Waals surface area contributed by atoms with Crippen LogP contribution in [0.2, 0.25) is 0 Å². The van der Waals surface area contributed by atoms with Crippen molar-refractivity contribution in [2.75, 3.05) is 14.1 Å². The first-order valence-electron chi connectivity index (χ1n) is 7.37. The lowest BCUT2D eigenvalue weighted by molar-refractivity contribution is -0.120. The van der Waals surface area contributed by atoms with Gasteiger partial charge in [-0.15, -0.1) is 0 Å². The summed E-state index contributed by atoms with van der Waals surface area (Å²) < 4.78 is 19.8. The number of carbonyl (C=O) groups is 1. The first-order valence-corrected chi connectivity index (χ1v) is 7.37. The van der Waals surface area contributed by atoms with Crippen molar-refractivity contribution in [1.29, 1.82) is 0 Å². The van der Waals surface area contributed by atoms with E-state index >= 15 is 0 Å². The van der Waals surface area contributed by atoms with Gasteiger partial charge in [0.1, 0.15) is 11.6 Å². The van der Waals surface area contributed by atoms with E-state index in [1.807, 2.05) is 44.4 Å². The second kappa shape index (κ2) is 7.58. The highest BCUT2D eigenvalue weighted by atomic mass is 19.1. The van der Waals surface area contributed by atoms with Crippen LogP contribution in [0.25, 0.3) is 11.1 Å². The van der Waals surface area contributed by atoms with E-state index in [2.05, 4.69) is 0 Å². The zero-order valence-electron chi connectivity index (χ0n) is 13.5. The molecular weight excluding hydrogens is 293 g/mol. The summed E-state index contributed by atoms with van der Waals surface area (Å²) in [6.45, 7) is 1.64. The van der Waals surface area contributed by atoms with Crippen molar-refractivity contribution in [2.45, 2.75) is 13.0 Å².